The summed E-state index contributed by atoms with van der Waals surface area (Å²) in [4.78, 5) is 17.9. The van der Waals surface area contributed by atoms with Gasteiger partial charge in [0.15, 0.2) is 0 Å². The van der Waals surface area contributed by atoms with Gasteiger partial charge in [-0.3, -0.25) is 0 Å². The van der Waals surface area contributed by atoms with Crippen molar-refractivity contribution in [2.45, 2.75) is 31.2 Å². The zero-order valence-corrected chi connectivity index (χ0v) is 12.8. The minimum absolute atomic E-state index is 0.0654. The summed E-state index contributed by atoms with van der Waals surface area (Å²) < 4.78 is 10.7. The normalized spacial score (nSPS) is 20.1. The molecule has 1 aromatic heterocycles. The lowest BCUT2D eigenvalue weighted by Gasteiger charge is -2.31. The molecule has 0 aromatic carbocycles. The Bertz CT molecular complexity index is 477. The highest BCUT2D eigenvalue weighted by atomic mass is 79.9. The molecule has 2 heterocycles. The number of nitrogens with zero attached hydrogens (tertiary/aromatic N) is 2. The minimum atomic E-state index is -0.497. The Balaban J connectivity index is 2.10. The maximum atomic E-state index is 12.1. The number of carbonyl (C=O) groups is 1. The number of alkyl halides is 1. The van der Waals surface area contributed by atoms with E-state index in [0.717, 1.165) is 5.57 Å². The molecule has 0 N–H and O–H groups in total. The maximum absolute atomic E-state index is 12.1. The largest absolute Gasteiger partial charge is 0.445 e. The van der Waals surface area contributed by atoms with Crippen LogP contribution in [-0.2, 0) is 4.74 Å². The molecule has 0 spiro atoms. The van der Waals surface area contributed by atoms with Gasteiger partial charge in [-0.25, -0.2) is 9.78 Å². The van der Waals surface area contributed by atoms with Crippen molar-refractivity contribution in [3.8, 4) is 0 Å². The van der Waals surface area contributed by atoms with E-state index in [0.29, 0.717) is 19.0 Å². The molecule has 0 saturated carbocycles. The SMILES string of the molecule is CC(C)(C)OC(=O)N1CC(c2ncco2)=CC(Br)C1. The quantitative estimate of drug-likeness (QED) is 0.743. The van der Waals surface area contributed by atoms with Crippen LogP contribution in [0.1, 0.15) is 26.7 Å². The second-order valence-electron chi connectivity index (χ2n) is 5.41. The molecule has 104 valence electrons. The lowest BCUT2D eigenvalue weighted by molar-refractivity contribution is 0.0275. The summed E-state index contributed by atoms with van der Waals surface area (Å²) in [5.74, 6) is 0.540. The molecular formula is C13H17BrN2O3. The highest BCUT2D eigenvalue weighted by Crippen LogP contribution is 2.24. The van der Waals surface area contributed by atoms with E-state index >= 15 is 0 Å². The zero-order valence-electron chi connectivity index (χ0n) is 11.2. The van der Waals surface area contributed by atoms with Gasteiger partial charge in [0.1, 0.15) is 11.9 Å². The number of rotatable bonds is 1. The van der Waals surface area contributed by atoms with E-state index in [1.807, 2.05) is 26.8 Å². The number of carbonyl (C=O) groups excluding carboxylic acids is 1. The summed E-state index contributed by atoms with van der Waals surface area (Å²) in [6.45, 7) is 6.57. The first-order valence-electron chi connectivity index (χ1n) is 6.08. The molecule has 0 saturated heterocycles. The molecule has 1 aliphatic rings. The van der Waals surface area contributed by atoms with Crippen LogP contribution in [-0.4, -0.2) is 39.5 Å². The number of halogens is 1. The van der Waals surface area contributed by atoms with E-state index in [9.17, 15) is 4.79 Å². The zero-order chi connectivity index (χ0) is 14.0. The van der Waals surface area contributed by atoms with Gasteiger partial charge in [0.2, 0.25) is 5.89 Å². The fourth-order valence-electron chi connectivity index (χ4n) is 1.79. The molecule has 5 nitrogen and oxygen atoms in total. The number of oxazole rings is 1. The van der Waals surface area contributed by atoms with Crippen LogP contribution < -0.4 is 0 Å². The molecule has 1 aliphatic heterocycles. The highest BCUT2D eigenvalue weighted by molar-refractivity contribution is 9.09. The molecule has 0 radical (unpaired) electrons. The molecule has 0 fully saturated rings. The molecule has 19 heavy (non-hydrogen) atoms. The van der Waals surface area contributed by atoms with E-state index in [4.69, 9.17) is 9.15 Å². The Morgan fingerprint density at radius 1 is 1.58 bits per heavy atom. The molecule has 1 aromatic rings. The number of ether oxygens (including phenoxy) is 1. The molecule has 6 heteroatoms. The van der Waals surface area contributed by atoms with Crippen LogP contribution in [0, 0.1) is 0 Å². The third kappa shape index (κ3) is 3.83. The number of hydrogen-bond acceptors (Lipinski definition) is 4. The monoisotopic (exact) mass is 328 g/mol. The average Bonchev–Trinajstić information content (AvgIpc) is 2.79. The number of aromatic nitrogens is 1. The van der Waals surface area contributed by atoms with Crippen LogP contribution in [0.5, 0.6) is 0 Å². The van der Waals surface area contributed by atoms with Crippen LogP contribution in [0.25, 0.3) is 5.57 Å². The van der Waals surface area contributed by atoms with Crippen LogP contribution in [0.4, 0.5) is 4.79 Å². The molecule has 1 unspecified atom stereocenters. The summed E-state index contributed by atoms with van der Waals surface area (Å²) in [5, 5.41) is 0. The number of amides is 1. The molecular weight excluding hydrogens is 312 g/mol. The Morgan fingerprint density at radius 3 is 2.89 bits per heavy atom. The second-order valence-corrected chi connectivity index (χ2v) is 6.58. The minimum Gasteiger partial charge on any atom is -0.445 e. The average molecular weight is 329 g/mol. The van der Waals surface area contributed by atoms with E-state index in [1.54, 1.807) is 11.1 Å². The lowest BCUT2D eigenvalue weighted by Crippen LogP contribution is -2.42. The van der Waals surface area contributed by atoms with E-state index < -0.39 is 5.60 Å². The van der Waals surface area contributed by atoms with Crippen molar-refractivity contribution in [3.63, 3.8) is 0 Å². The summed E-state index contributed by atoms with van der Waals surface area (Å²) >= 11 is 3.51. The highest BCUT2D eigenvalue weighted by Gasteiger charge is 2.28. The van der Waals surface area contributed by atoms with Crippen LogP contribution >= 0.6 is 15.9 Å². The fourth-order valence-corrected chi connectivity index (χ4v) is 2.46. The first kappa shape index (κ1) is 14.1. The van der Waals surface area contributed by atoms with Crippen molar-refractivity contribution in [1.29, 1.82) is 0 Å². The van der Waals surface area contributed by atoms with Crippen LogP contribution in [0.3, 0.4) is 0 Å². The van der Waals surface area contributed by atoms with Gasteiger partial charge in [-0.2, -0.15) is 0 Å². The smallest absolute Gasteiger partial charge is 0.410 e. The Hall–Kier alpha value is -1.30. The summed E-state index contributed by atoms with van der Waals surface area (Å²) in [6.07, 6.45) is 4.79. The third-order valence-electron chi connectivity index (χ3n) is 2.50. The predicted molar refractivity (Wildman–Crippen MR) is 75.0 cm³/mol. The van der Waals surface area contributed by atoms with E-state index in [1.165, 1.54) is 6.26 Å². The summed E-state index contributed by atoms with van der Waals surface area (Å²) in [5.41, 5.74) is 0.382. The van der Waals surface area contributed by atoms with Crippen molar-refractivity contribution in [2.75, 3.05) is 13.1 Å². The Labute approximate surface area is 120 Å². The summed E-state index contributed by atoms with van der Waals surface area (Å²) in [7, 11) is 0. The first-order valence-corrected chi connectivity index (χ1v) is 6.99. The molecule has 0 bridgehead atoms. The van der Waals surface area contributed by atoms with Crippen molar-refractivity contribution < 1.29 is 13.9 Å². The van der Waals surface area contributed by atoms with E-state index in [2.05, 4.69) is 20.9 Å². The van der Waals surface area contributed by atoms with Gasteiger partial charge in [0, 0.05) is 12.1 Å². The predicted octanol–water partition coefficient (Wildman–Crippen LogP) is 3.07. The van der Waals surface area contributed by atoms with Gasteiger partial charge >= 0.3 is 6.09 Å². The van der Waals surface area contributed by atoms with Gasteiger partial charge < -0.3 is 14.1 Å². The molecule has 2 rings (SSSR count). The van der Waals surface area contributed by atoms with Crippen LogP contribution in [0.15, 0.2) is 23.0 Å². The van der Waals surface area contributed by atoms with Gasteiger partial charge in [-0.1, -0.05) is 22.0 Å². The topological polar surface area (TPSA) is 55.6 Å². The maximum Gasteiger partial charge on any atom is 0.410 e. The third-order valence-corrected chi connectivity index (χ3v) is 3.05. The van der Waals surface area contributed by atoms with Crippen molar-refractivity contribution >= 4 is 27.6 Å². The van der Waals surface area contributed by atoms with Gasteiger partial charge in [0.05, 0.1) is 17.6 Å². The van der Waals surface area contributed by atoms with Gasteiger partial charge in [0.25, 0.3) is 0 Å². The molecule has 1 amide bonds. The summed E-state index contributed by atoms with van der Waals surface area (Å²) in [6, 6.07) is 0. The standard InChI is InChI=1S/C13H17BrN2O3/c1-13(2,3)19-12(17)16-7-9(6-10(14)8-16)11-15-4-5-18-11/h4-6,10H,7-8H2,1-3H3. The van der Waals surface area contributed by atoms with Crippen molar-refractivity contribution in [1.82, 2.24) is 9.88 Å². The second kappa shape index (κ2) is 5.36. The Kier molecular flexibility index (Phi) is 3.99. The van der Waals surface area contributed by atoms with Gasteiger partial charge in [-0.05, 0) is 20.8 Å². The van der Waals surface area contributed by atoms with Crippen molar-refractivity contribution in [3.05, 3.63) is 24.4 Å². The van der Waals surface area contributed by atoms with Crippen molar-refractivity contribution in [2.24, 2.45) is 0 Å². The van der Waals surface area contributed by atoms with Crippen LogP contribution in [0.2, 0.25) is 0 Å². The first-order chi connectivity index (χ1) is 8.85. The number of hydrogen-bond donors (Lipinski definition) is 0. The van der Waals surface area contributed by atoms with Gasteiger partial charge in [-0.15, -0.1) is 0 Å². The molecule has 1 atom stereocenters. The lowest BCUT2D eigenvalue weighted by atomic mass is 10.1. The molecule has 0 aliphatic carbocycles. The fraction of sp³-hybridized carbons (Fsp3) is 0.538. The Morgan fingerprint density at radius 2 is 2.32 bits per heavy atom. The van der Waals surface area contributed by atoms with E-state index in [-0.39, 0.29) is 10.9 Å².